The SMILES string of the molecule is [CH2]CCCCCCCCC.[Cl][Mg][Cl]. The predicted octanol–water partition coefficient (Wildman–Crippen LogP) is 4.96. The number of hydrogen-bond acceptors (Lipinski definition) is 0. The minimum Gasteiger partial charge on any atom is -0.309 e. The Labute approximate surface area is 101 Å². The lowest BCUT2D eigenvalue weighted by atomic mass is 10.1. The van der Waals surface area contributed by atoms with E-state index in [4.69, 9.17) is 18.1 Å². The zero-order valence-electron chi connectivity index (χ0n) is 8.83. The maximum absolute atomic E-state index is 4.90. The molecule has 0 rings (SSSR count). The van der Waals surface area contributed by atoms with Crippen molar-refractivity contribution < 1.29 is 0 Å². The third kappa shape index (κ3) is 24.7. The number of rotatable bonds is 7. The highest BCUT2D eigenvalue weighted by molar-refractivity contribution is 7.22. The van der Waals surface area contributed by atoms with Gasteiger partial charge in [0.05, 0.1) is 0 Å². The number of unbranched alkanes of at least 4 members (excludes halogenated alkanes) is 7. The van der Waals surface area contributed by atoms with E-state index in [0.29, 0.717) is 0 Å². The van der Waals surface area contributed by atoms with E-state index in [0.717, 1.165) is 6.42 Å². The molecule has 77 valence electrons. The van der Waals surface area contributed by atoms with Crippen molar-refractivity contribution in [2.75, 3.05) is 0 Å². The van der Waals surface area contributed by atoms with Crippen LogP contribution in [0, 0.1) is 6.92 Å². The van der Waals surface area contributed by atoms with Crippen molar-refractivity contribution in [1.29, 1.82) is 0 Å². The van der Waals surface area contributed by atoms with E-state index in [2.05, 4.69) is 13.8 Å². The van der Waals surface area contributed by atoms with Gasteiger partial charge in [0.25, 0.3) is 0 Å². The van der Waals surface area contributed by atoms with Crippen LogP contribution < -0.4 is 0 Å². The maximum atomic E-state index is 4.90. The van der Waals surface area contributed by atoms with Gasteiger partial charge in [-0.1, -0.05) is 65.2 Å². The summed E-state index contributed by atoms with van der Waals surface area (Å²) in [5.41, 5.74) is 0. The standard InChI is InChI=1S/C10H21.2ClH.Mg/c1-3-5-7-9-10-8-6-4-2;;;/h1,3-10H2,2H3;2*1H;/q;;;+2/p-2. The molecule has 3 heteroatoms. The van der Waals surface area contributed by atoms with E-state index in [9.17, 15) is 0 Å². The van der Waals surface area contributed by atoms with Gasteiger partial charge in [-0.05, 0) is 0 Å². The third-order valence-corrected chi connectivity index (χ3v) is 1.85. The molecule has 0 heterocycles. The molecule has 0 unspecified atom stereocenters. The van der Waals surface area contributed by atoms with E-state index < -0.39 is 18.2 Å². The van der Waals surface area contributed by atoms with E-state index >= 15 is 0 Å². The highest BCUT2D eigenvalue weighted by Gasteiger charge is 1.87. The molecule has 13 heavy (non-hydrogen) atoms. The Bertz CT molecular complexity index is 61.9. The van der Waals surface area contributed by atoms with Crippen LogP contribution in [0.2, 0.25) is 0 Å². The Kier molecular flexibility index (Phi) is 24.5. The highest BCUT2D eigenvalue weighted by atomic mass is 35.6. The Balaban J connectivity index is 0. The number of hydrogen-bond donors (Lipinski definition) is 0. The lowest BCUT2D eigenvalue weighted by molar-refractivity contribution is 0.592. The second-order valence-corrected chi connectivity index (χ2v) is 5.70. The van der Waals surface area contributed by atoms with Gasteiger partial charge in [0, 0.05) is 0 Å². The first-order valence-corrected chi connectivity index (χ1v) is 9.52. The summed E-state index contributed by atoms with van der Waals surface area (Å²) in [6, 6.07) is 0. The van der Waals surface area contributed by atoms with E-state index in [1.807, 2.05) is 0 Å². The van der Waals surface area contributed by atoms with Crippen LogP contribution in [0.1, 0.15) is 58.3 Å². The van der Waals surface area contributed by atoms with Crippen LogP contribution in [0.15, 0.2) is 0 Å². The molecule has 0 aromatic carbocycles. The minimum absolute atomic E-state index is 0.639. The zero-order valence-corrected chi connectivity index (χ0v) is 11.8. The first-order chi connectivity index (χ1) is 6.33. The minimum atomic E-state index is -0.639. The Morgan fingerprint density at radius 2 is 1.31 bits per heavy atom. The summed E-state index contributed by atoms with van der Waals surface area (Å²) in [5.74, 6) is 0. The molecule has 0 atom stereocenters. The van der Waals surface area contributed by atoms with Gasteiger partial charge in [0.2, 0.25) is 0 Å². The normalized spacial score (nSPS) is 8.62. The second kappa shape index (κ2) is 19.0. The van der Waals surface area contributed by atoms with Crippen LogP contribution >= 0.6 is 18.1 Å². The monoisotopic (exact) mass is 235 g/mol. The maximum Gasteiger partial charge on any atom is 0.618 e. The third-order valence-electron chi connectivity index (χ3n) is 1.85. The van der Waals surface area contributed by atoms with E-state index in [-0.39, 0.29) is 0 Å². The van der Waals surface area contributed by atoms with Crippen molar-refractivity contribution in [2.45, 2.75) is 58.3 Å². The average molecular weight is 236 g/mol. The lowest BCUT2D eigenvalue weighted by Crippen LogP contribution is -1.77. The average Bonchev–Trinajstić information content (AvgIpc) is 2.13. The summed E-state index contributed by atoms with van der Waals surface area (Å²) in [6.07, 6.45) is 10.9. The van der Waals surface area contributed by atoms with Crippen molar-refractivity contribution >= 4 is 36.3 Å². The Hall–Kier alpha value is 1.35. The van der Waals surface area contributed by atoms with Gasteiger partial charge in [0.15, 0.2) is 0 Å². The van der Waals surface area contributed by atoms with Crippen LogP contribution in [-0.2, 0) is 0 Å². The molecule has 0 aromatic rings. The fourth-order valence-electron chi connectivity index (χ4n) is 1.13. The topological polar surface area (TPSA) is 0 Å². The van der Waals surface area contributed by atoms with Crippen molar-refractivity contribution in [2.24, 2.45) is 0 Å². The van der Waals surface area contributed by atoms with Crippen LogP contribution in [0.25, 0.3) is 0 Å². The van der Waals surface area contributed by atoms with Crippen molar-refractivity contribution in [1.82, 2.24) is 0 Å². The Morgan fingerprint density at radius 3 is 1.69 bits per heavy atom. The van der Waals surface area contributed by atoms with Gasteiger partial charge in [-0.3, -0.25) is 0 Å². The van der Waals surface area contributed by atoms with Gasteiger partial charge in [-0.25, -0.2) is 0 Å². The molecule has 0 aliphatic carbocycles. The molecule has 0 aromatic heterocycles. The summed E-state index contributed by atoms with van der Waals surface area (Å²) in [7, 11) is 9.81. The fourth-order valence-corrected chi connectivity index (χ4v) is 1.13. The van der Waals surface area contributed by atoms with Gasteiger partial charge in [0.1, 0.15) is 0 Å². The van der Waals surface area contributed by atoms with Crippen LogP contribution in [0.5, 0.6) is 0 Å². The smallest absolute Gasteiger partial charge is 0.309 e. The molecule has 0 fully saturated rings. The largest absolute Gasteiger partial charge is 0.618 e. The zero-order chi connectivity index (χ0) is 10.4. The quantitative estimate of drug-likeness (QED) is 0.433. The molecule has 0 amide bonds. The van der Waals surface area contributed by atoms with Gasteiger partial charge >= 0.3 is 18.2 Å². The predicted molar refractivity (Wildman–Crippen MR) is 65.4 cm³/mol. The molecule has 0 saturated heterocycles. The molecule has 1 radical (unpaired) electrons. The Morgan fingerprint density at radius 1 is 0.923 bits per heavy atom. The molecule has 0 aliphatic heterocycles. The van der Waals surface area contributed by atoms with Crippen LogP contribution in [-0.4, -0.2) is 18.2 Å². The van der Waals surface area contributed by atoms with Crippen LogP contribution in [0.4, 0.5) is 0 Å². The molecule has 0 aliphatic rings. The molecule has 0 spiro atoms. The molecular weight excluding hydrogens is 215 g/mol. The van der Waals surface area contributed by atoms with Crippen molar-refractivity contribution in [3.8, 4) is 0 Å². The second-order valence-electron chi connectivity index (χ2n) is 3.08. The molecular formula is C10H21Cl2Mg. The van der Waals surface area contributed by atoms with Gasteiger partial charge in [-0.2, -0.15) is 0 Å². The number of halogens is 2. The first kappa shape index (κ1) is 16.8. The van der Waals surface area contributed by atoms with Gasteiger partial charge < -0.3 is 18.1 Å². The summed E-state index contributed by atoms with van der Waals surface area (Å²) < 4.78 is 0. The van der Waals surface area contributed by atoms with E-state index in [1.54, 1.807) is 0 Å². The van der Waals surface area contributed by atoms with Crippen LogP contribution in [0.3, 0.4) is 0 Å². The van der Waals surface area contributed by atoms with Crippen molar-refractivity contribution in [3.05, 3.63) is 6.92 Å². The van der Waals surface area contributed by atoms with Crippen molar-refractivity contribution in [3.63, 3.8) is 0 Å². The summed E-state index contributed by atoms with van der Waals surface area (Å²) >= 11 is -0.639. The lowest BCUT2D eigenvalue weighted by Gasteiger charge is -1.97. The molecule has 0 N–H and O–H groups in total. The molecule has 0 saturated carbocycles. The molecule has 0 nitrogen and oxygen atoms in total. The molecule has 0 bridgehead atoms. The first-order valence-electron chi connectivity index (χ1n) is 5.24. The summed E-state index contributed by atoms with van der Waals surface area (Å²) in [5, 5.41) is 0. The fraction of sp³-hybridized carbons (Fsp3) is 0.900. The summed E-state index contributed by atoms with van der Waals surface area (Å²) in [6.45, 7) is 6.08. The van der Waals surface area contributed by atoms with Gasteiger partial charge in [-0.15, -0.1) is 0 Å². The highest BCUT2D eigenvalue weighted by Crippen LogP contribution is 2.07. The summed E-state index contributed by atoms with van der Waals surface area (Å²) in [4.78, 5) is 0. The van der Waals surface area contributed by atoms with E-state index in [1.165, 1.54) is 44.9 Å².